The highest BCUT2D eigenvalue weighted by Gasteiger charge is 2.14. The van der Waals surface area contributed by atoms with Gasteiger partial charge in [0.1, 0.15) is 0 Å². The Morgan fingerprint density at radius 2 is 1.96 bits per heavy atom. The number of H-pyrrole nitrogens is 1. The van der Waals surface area contributed by atoms with Crippen LogP contribution in [0.2, 0.25) is 0 Å². The number of ketones is 1. The third-order valence-corrected chi connectivity index (χ3v) is 5.12. The number of aromatic amines is 1. The van der Waals surface area contributed by atoms with Gasteiger partial charge in [0.15, 0.2) is 10.9 Å². The predicted octanol–water partition coefficient (Wildman–Crippen LogP) is 4.41. The van der Waals surface area contributed by atoms with Gasteiger partial charge in [0.25, 0.3) is 0 Å². The van der Waals surface area contributed by atoms with Gasteiger partial charge in [-0.15, -0.1) is 0 Å². The van der Waals surface area contributed by atoms with Crippen molar-refractivity contribution in [1.29, 1.82) is 0 Å². The Balaban J connectivity index is 1.77. The Morgan fingerprint density at radius 1 is 1.17 bits per heavy atom. The summed E-state index contributed by atoms with van der Waals surface area (Å²) in [5, 5.41) is 0.830. The normalized spacial score (nSPS) is 11.0. The number of imidazole rings is 1. The number of rotatable bonds is 5. The van der Waals surface area contributed by atoms with Gasteiger partial charge in [-0.2, -0.15) is 0 Å². The molecule has 4 nitrogen and oxygen atoms in total. The molecule has 3 aromatic rings. The average molecular weight is 339 g/mol. The van der Waals surface area contributed by atoms with Crippen molar-refractivity contribution in [3.05, 3.63) is 64.7 Å². The van der Waals surface area contributed by atoms with Crippen molar-refractivity contribution >= 4 is 17.5 Å². The summed E-state index contributed by atoms with van der Waals surface area (Å²) in [6.07, 6.45) is 3.70. The van der Waals surface area contributed by atoms with Crippen LogP contribution >= 0.6 is 11.8 Å². The summed E-state index contributed by atoms with van der Waals surface area (Å²) in [7, 11) is 0. The van der Waals surface area contributed by atoms with Gasteiger partial charge in [-0.05, 0) is 57.0 Å². The maximum atomic E-state index is 12.4. The van der Waals surface area contributed by atoms with Crippen molar-refractivity contribution in [1.82, 2.24) is 14.5 Å². The smallest absolute Gasteiger partial charge is 0.174 e. The van der Waals surface area contributed by atoms with Crippen LogP contribution in [-0.2, 0) is 0 Å². The van der Waals surface area contributed by atoms with Crippen molar-refractivity contribution in [3.63, 3.8) is 0 Å². The molecule has 124 valence electrons. The molecule has 2 heterocycles. The first-order valence-corrected chi connectivity index (χ1v) is 8.87. The highest BCUT2D eigenvalue weighted by atomic mass is 32.2. The van der Waals surface area contributed by atoms with Crippen molar-refractivity contribution in [2.45, 2.75) is 32.9 Å². The van der Waals surface area contributed by atoms with E-state index in [2.05, 4.69) is 42.0 Å². The zero-order valence-electron chi connectivity index (χ0n) is 14.4. The number of nitrogens with zero attached hydrogens (tertiary/aromatic N) is 2. The molecule has 0 unspecified atom stereocenters. The lowest BCUT2D eigenvalue weighted by molar-refractivity contribution is 0.102. The first kappa shape index (κ1) is 16.6. The fourth-order valence-corrected chi connectivity index (χ4v) is 3.55. The lowest BCUT2D eigenvalue weighted by Gasteiger charge is -2.09. The SMILES string of the molecule is Cc1cc(C(=O)CSc2nccn2-c2ccc(C)c(C)c2)c(C)[nH]1. The minimum Gasteiger partial charge on any atom is -0.362 e. The molecule has 1 N–H and O–H groups in total. The minimum atomic E-state index is 0.122. The van der Waals surface area contributed by atoms with E-state index in [9.17, 15) is 4.79 Å². The van der Waals surface area contributed by atoms with Crippen molar-refractivity contribution < 1.29 is 4.79 Å². The Kier molecular flexibility index (Phi) is 4.62. The van der Waals surface area contributed by atoms with E-state index in [0.717, 1.165) is 27.8 Å². The van der Waals surface area contributed by atoms with Crippen LogP contribution in [0, 0.1) is 27.7 Å². The van der Waals surface area contributed by atoms with Gasteiger partial charge in [0, 0.05) is 35.0 Å². The van der Waals surface area contributed by atoms with E-state index in [1.54, 1.807) is 6.20 Å². The van der Waals surface area contributed by atoms with Crippen LogP contribution in [0.3, 0.4) is 0 Å². The quantitative estimate of drug-likeness (QED) is 0.553. The van der Waals surface area contributed by atoms with E-state index in [1.165, 1.54) is 22.9 Å². The Labute approximate surface area is 146 Å². The number of hydrogen-bond acceptors (Lipinski definition) is 3. The Bertz CT molecular complexity index is 892. The van der Waals surface area contributed by atoms with E-state index in [0.29, 0.717) is 5.75 Å². The summed E-state index contributed by atoms with van der Waals surface area (Å²) in [6.45, 7) is 8.09. The van der Waals surface area contributed by atoms with E-state index in [1.807, 2.05) is 30.7 Å². The molecular formula is C19H21N3OS. The molecule has 2 aromatic heterocycles. The Hall–Kier alpha value is -2.27. The summed E-state index contributed by atoms with van der Waals surface area (Å²) >= 11 is 1.47. The number of carbonyl (C=O) groups is 1. The van der Waals surface area contributed by atoms with Gasteiger partial charge >= 0.3 is 0 Å². The van der Waals surface area contributed by atoms with Crippen LogP contribution < -0.4 is 0 Å². The fraction of sp³-hybridized carbons (Fsp3) is 0.263. The number of aryl methyl sites for hydroxylation is 4. The largest absolute Gasteiger partial charge is 0.362 e. The zero-order valence-corrected chi connectivity index (χ0v) is 15.2. The second kappa shape index (κ2) is 6.69. The van der Waals surface area contributed by atoms with Gasteiger partial charge < -0.3 is 4.98 Å². The monoisotopic (exact) mass is 339 g/mol. The molecule has 0 saturated heterocycles. The van der Waals surface area contributed by atoms with Crippen LogP contribution in [-0.4, -0.2) is 26.1 Å². The number of Topliss-reactive ketones (excluding diaryl/α,β-unsaturated/α-hetero) is 1. The zero-order chi connectivity index (χ0) is 17.3. The second-order valence-electron chi connectivity index (χ2n) is 6.05. The van der Waals surface area contributed by atoms with Crippen LogP contribution in [0.15, 0.2) is 41.8 Å². The molecule has 24 heavy (non-hydrogen) atoms. The molecule has 0 atom stereocenters. The van der Waals surface area contributed by atoms with E-state index < -0.39 is 0 Å². The fourth-order valence-electron chi connectivity index (χ4n) is 2.69. The molecule has 0 aliphatic carbocycles. The van der Waals surface area contributed by atoms with E-state index in [4.69, 9.17) is 0 Å². The van der Waals surface area contributed by atoms with Crippen molar-refractivity contribution in [2.24, 2.45) is 0 Å². The van der Waals surface area contributed by atoms with Gasteiger partial charge in [0.2, 0.25) is 0 Å². The van der Waals surface area contributed by atoms with E-state index in [-0.39, 0.29) is 5.78 Å². The van der Waals surface area contributed by atoms with Crippen molar-refractivity contribution in [2.75, 3.05) is 5.75 Å². The number of benzene rings is 1. The summed E-state index contributed by atoms with van der Waals surface area (Å²) in [6, 6.07) is 8.24. The third-order valence-electron chi connectivity index (χ3n) is 4.16. The first-order chi connectivity index (χ1) is 11.5. The second-order valence-corrected chi connectivity index (χ2v) is 6.99. The van der Waals surface area contributed by atoms with Crippen LogP contribution in [0.4, 0.5) is 0 Å². The number of aromatic nitrogens is 3. The molecule has 0 aliphatic rings. The molecule has 0 radical (unpaired) electrons. The number of carbonyl (C=O) groups excluding carboxylic acids is 1. The van der Waals surface area contributed by atoms with E-state index >= 15 is 0 Å². The molecule has 0 saturated carbocycles. The third kappa shape index (κ3) is 3.31. The molecule has 0 fully saturated rings. The summed E-state index contributed by atoms with van der Waals surface area (Å²) < 4.78 is 2.03. The molecule has 0 bridgehead atoms. The highest BCUT2D eigenvalue weighted by molar-refractivity contribution is 7.99. The lowest BCUT2D eigenvalue weighted by atomic mass is 10.1. The molecule has 0 aliphatic heterocycles. The van der Waals surface area contributed by atoms with Crippen LogP contribution in [0.5, 0.6) is 0 Å². The highest BCUT2D eigenvalue weighted by Crippen LogP contribution is 2.23. The number of nitrogens with one attached hydrogen (secondary N) is 1. The maximum Gasteiger partial charge on any atom is 0.174 e. The van der Waals surface area contributed by atoms with Gasteiger partial charge in [0.05, 0.1) is 5.75 Å². The molecule has 5 heteroatoms. The Morgan fingerprint density at radius 3 is 2.62 bits per heavy atom. The topological polar surface area (TPSA) is 50.7 Å². The molecule has 1 aromatic carbocycles. The molecule has 3 rings (SSSR count). The van der Waals surface area contributed by atoms with Crippen LogP contribution in [0.1, 0.15) is 32.9 Å². The summed E-state index contributed by atoms with van der Waals surface area (Å²) in [5.74, 6) is 0.497. The minimum absolute atomic E-state index is 0.122. The standard InChI is InChI=1S/C19H21N3OS/c1-12-5-6-16(9-13(12)2)22-8-7-20-19(22)24-11-18(23)17-10-14(3)21-15(17)4/h5-10,21H,11H2,1-4H3. The molecule has 0 spiro atoms. The van der Waals surface area contributed by atoms with Crippen LogP contribution in [0.25, 0.3) is 5.69 Å². The number of thioether (sulfide) groups is 1. The summed E-state index contributed by atoms with van der Waals surface area (Å²) in [5.41, 5.74) is 6.28. The van der Waals surface area contributed by atoms with Gasteiger partial charge in [-0.3, -0.25) is 9.36 Å². The number of hydrogen-bond donors (Lipinski definition) is 1. The first-order valence-electron chi connectivity index (χ1n) is 7.89. The lowest BCUT2D eigenvalue weighted by Crippen LogP contribution is -2.05. The molecule has 0 amide bonds. The summed E-state index contributed by atoms with van der Waals surface area (Å²) in [4.78, 5) is 20.0. The molecular weight excluding hydrogens is 318 g/mol. The van der Waals surface area contributed by atoms with Gasteiger partial charge in [-0.1, -0.05) is 17.8 Å². The predicted molar refractivity (Wildman–Crippen MR) is 98.4 cm³/mol. The average Bonchev–Trinajstić information content (AvgIpc) is 3.14. The van der Waals surface area contributed by atoms with Gasteiger partial charge in [-0.25, -0.2) is 4.98 Å². The van der Waals surface area contributed by atoms with Crippen molar-refractivity contribution in [3.8, 4) is 5.69 Å². The maximum absolute atomic E-state index is 12.4.